The third kappa shape index (κ3) is 3.37. The van der Waals surface area contributed by atoms with Crippen LogP contribution < -0.4 is 15.9 Å². The Kier molecular flexibility index (Phi) is 5.17. The van der Waals surface area contributed by atoms with Gasteiger partial charge in [-0.3, -0.25) is 4.98 Å². The van der Waals surface area contributed by atoms with Crippen LogP contribution in [0.3, 0.4) is 0 Å². The van der Waals surface area contributed by atoms with E-state index in [1.807, 2.05) is 54.7 Å². The van der Waals surface area contributed by atoms with Gasteiger partial charge in [0.15, 0.2) is 7.14 Å². The molecule has 1 atom stereocenters. The molecule has 0 bridgehead atoms. The number of benzene rings is 6. The van der Waals surface area contributed by atoms with Crippen molar-refractivity contribution in [3.8, 4) is 27.9 Å². The zero-order valence-electron chi connectivity index (χ0n) is 23.2. The molecule has 0 N–H and O–H groups in total. The molecule has 0 radical (unpaired) electrons. The lowest BCUT2D eigenvalue weighted by Crippen LogP contribution is -2.21. The predicted octanol–water partition coefficient (Wildman–Crippen LogP) is 8.62. The first-order chi connectivity index (χ1) is 21.2. The van der Waals surface area contributed by atoms with Crippen molar-refractivity contribution in [2.45, 2.75) is 0 Å². The van der Waals surface area contributed by atoms with Crippen LogP contribution in [-0.2, 0) is 4.57 Å². The maximum absolute atomic E-state index is 15.6. The Balaban J connectivity index is 1.31. The number of aromatic nitrogens is 2. The van der Waals surface area contributed by atoms with E-state index in [-0.39, 0.29) is 0 Å². The molecule has 3 nitrogen and oxygen atoms in total. The second-order valence-corrected chi connectivity index (χ2v) is 13.8. The predicted molar refractivity (Wildman–Crippen MR) is 180 cm³/mol. The van der Waals surface area contributed by atoms with Crippen LogP contribution in [0.25, 0.3) is 60.6 Å². The van der Waals surface area contributed by atoms with Gasteiger partial charge in [0.05, 0.1) is 16.6 Å². The number of pyridine rings is 1. The minimum atomic E-state index is -3.12. The summed E-state index contributed by atoms with van der Waals surface area (Å²) in [6, 6.07) is 50.2. The van der Waals surface area contributed by atoms with Crippen molar-refractivity contribution in [1.82, 2.24) is 9.55 Å². The molecule has 1 unspecified atom stereocenters. The van der Waals surface area contributed by atoms with Crippen molar-refractivity contribution in [1.29, 1.82) is 0 Å². The van der Waals surface area contributed by atoms with Gasteiger partial charge in [0, 0.05) is 49.5 Å². The average molecular weight is 569 g/mol. The fraction of sp³-hybridized carbons (Fsp3) is 0. The van der Waals surface area contributed by atoms with Gasteiger partial charge >= 0.3 is 0 Å². The minimum absolute atomic E-state index is 0.874. The molecule has 43 heavy (non-hydrogen) atoms. The van der Waals surface area contributed by atoms with Crippen molar-refractivity contribution >= 4 is 55.8 Å². The summed E-state index contributed by atoms with van der Waals surface area (Å²) in [4.78, 5) is 4.67. The third-order valence-corrected chi connectivity index (χ3v) is 12.0. The number of para-hydroxylation sites is 2. The summed E-state index contributed by atoms with van der Waals surface area (Å²) in [6.45, 7) is 0. The van der Waals surface area contributed by atoms with E-state index in [0.29, 0.717) is 0 Å². The summed E-state index contributed by atoms with van der Waals surface area (Å²) in [5.41, 5.74) is 8.59. The van der Waals surface area contributed by atoms with E-state index in [9.17, 15) is 0 Å². The molecule has 6 aromatic carbocycles. The molecule has 1 aliphatic heterocycles. The highest BCUT2D eigenvalue weighted by Crippen LogP contribution is 2.55. The first-order valence-electron chi connectivity index (χ1n) is 14.5. The zero-order valence-corrected chi connectivity index (χ0v) is 24.1. The summed E-state index contributed by atoms with van der Waals surface area (Å²) in [7, 11) is -3.12. The molecule has 0 fully saturated rings. The van der Waals surface area contributed by atoms with Gasteiger partial charge in [0.1, 0.15) is 0 Å². The highest BCUT2D eigenvalue weighted by atomic mass is 31.2. The molecular weight excluding hydrogens is 543 g/mol. The van der Waals surface area contributed by atoms with Crippen LogP contribution in [0.4, 0.5) is 0 Å². The van der Waals surface area contributed by atoms with Crippen LogP contribution in [0.15, 0.2) is 152 Å². The molecule has 0 spiro atoms. The van der Waals surface area contributed by atoms with E-state index in [1.165, 1.54) is 0 Å². The van der Waals surface area contributed by atoms with E-state index in [2.05, 4.69) is 107 Å². The maximum atomic E-state index is 15.6. The largest absolute Gasteiger partial charge is 0.309 e. The lowest BCUT2D eigenvalue weighted by molar-refractivity contribution is 0.593. The van der Waals surface area contributed by atoms with Crippen molar-refractivity contribution in [2.24, 2.45) is 0 Å². The van der Waals surface area contributed by atoms with Gasteiger partial charge in [0.2, 0.25) is 0 Å². The number of hydrogen-bond acceptors (Lipinski definition) is 2. The van der Waals surface area contributed by atoms with Gasteiger partial charge in [-0.25, -0.2) is 0 Å². The van der Waals surface area contributed by atoms with Gasteiger partial charge in [-0.05, 0) is 47.0 Å². The van der Waals surface area contributed by atoms with Gasteiger partial charge in [-0.15, -0.1) is 0 Å². The fourth-order valence-electron chi connectivity index (χ4n) is 6.99. The van der Waals surface area contributed by atoms with E-state index in [0.717, 1.165) is 76.6 Å². The van der Waals surface area contributed by atoms with Crippen molar-refractivity contribution in [3.05, 3.63) is 152 Å². The minimum Gasteiger partial charge on any atom is -0.309 e. The molecular formula is C39H25N2OP. The first-order valence-corrected chi connectivity index (χ1v) is 16.2. The van der Waals surface area contributed by atoms with E-state index in [1.54, 1.807) is 0 Å². The molecule has 2 aromatic heterocycles. The Labute approximate surface area is 249 Å². The molecule has 8 aromatic rings. The standard InChI is InChI=1S/C39H25N2OP/c42-43(29-12-2-1-3-13-29)36-18-7-5-14-31(36)32-23-24-35-37(39(32)43)33-15-4-6-17-34(33)41(35)28-21-19-26(20-22-28)30-16-8-10-27-11-9-25-40-38(27)30/h1-25H. The Morgan fingerprint density at radius 3 is 2.19 bits per heavy atom. The molecule has 9 rings (SSSR count). The van der Waals surface area contributed by atoms with Gasteiger partial charge in [0.25, 0.3) is 0 Å². The number of hydrogen-bond donors (Lipinski definition) is 0. The van der Waals surface area contributed by atoms with Crippen LogP contribution in [0, 0.1) is 0 Å². The molecule has 3 heterocycles. The number of rotatable bonds is 3. The van der Waals surface area contributed by atoms with E-state index < -0.39 is 7.14 Å². The van der Waals surface area contributed by atoms with Gasteiger partial charge < -0.3 is 9.13 Å². The first kappa shape index (κ1) is 24.4. The van der Waals surface area contributed by atoms with Crippen molar-refractivity contribution in [3.63, 3.8) is 0 Å². The number of nitrogens with zero attached hydrogens (tertiary/aromatic N) is 2. The molecule has 0 aliphatic carbocycles. The zero-order chi connectivity index (χ0) is 28.5. The summed E-state index contributed by atoms with van der Waals surface area (Å²) in [6.07, 6.45) is 1.85. The molecule has 0 saturated heterocycles. The van der Waals surface area contributed by atoms with E-state index in [4.69, 9.17) is 0 Å². The summed E-state index contributed by atoms with van der Waals surface area (Å²) >= 11 is 0. The van der Waals surface area contributed by atoms with Crippen LogP contribution in [0.2, 0.25) is 0 Å². The molecule has 202 valence electrons. The summed E-state index contributed by atoms with van der Waals surface area (Å²) in [5.74, 6) is 0. The van der Waals surface area contributed by atoms with Crippen LogP contribution in [0.5, 0.6) is 0 Å². The molecule has 0 saturated carbocycles. The third-order valence-electron chi connectivity index (χ3n) is 8.85. The summed E-state index contributed by atoms with van der Waals surface area (Å²) in [5, 5.41) is 6.06. The molecule has 1 aliphatic rings. The van der Waals surface area contributed by atoms with Gasteiger partial charge in [-0.1, -0.05) is 115 Å². The Morgan fingerprint density at radius 1 is 0.558 bits per heavy atom. The fourth-order valence-corrected chi connectivity index (χ4v) is 10.3. The Hall–Kier alpha value is -5.24. The monoisotopic (exact) mass is 568 g/mol. The van der Waals surface area contributed by atoms with Crippen LogP contribution in [0.1, 0.15) is 0 Å². The highest BCUT2D eigenvalue weighted by molar-refractivity contribution is 7.86. The lowest BCUT2D eigenvalue weighted by atomic mass is 10.0. The van der Waals surface area contributed by atoms with E-state index >= 15 is 4.57 Å². The quantitative estimate of drug-likeness (QED) is 0.200. The number of fused-ring (bicyclic) bond motifs is 8. The van der Waals surface area contributed by atoms with Crippen LogP contribution in [-0.4, -0.2) is 9.55 Å². The topological polar surface area (TPSA) is 34.9 Å². The Morgan fingerprint density at radius 2 is 1.30 bits per heavy atom. The second-order valence-electron chi connectivity index (χ2n) is 11.1. The smallest absolute Gasteiger partial charge is 0.172 e. The van der Waals surface area contributed by atoms with Crippen molar-refractivity contribution < 1.29 is 4.57 Å². The van der Waals surface area contributed by atoms with Crippen LogP contribution >= 0.6 is 7.14 Å². The maximum Gasteiger partial charge on any atom is 0.172 e. The highest BCUT2D eigenvalue weighted by Gasteiger charge is 2.42. The van der Waals surface area contributed by atoms with Crippen molar-refractivity contribution in [2.75, 3.05) is 0 Å². The average Bonchev–Trinajstić information content (AvgIpc) is 3.55. The molecule has 4 heteroatoms. The summed E-state index contributed by atoms with van der Waals surface area (Å²) < 4.78 is 17.9. The van der Waals surface area contributed by atoms with Gasteiger partial charge in [-0.2, -0.15) is 0 Å². The molecule has 0 amide bonds. The second kappa shape index (κ2) is 9.13. The SMILES string of the molecule is O=P1(c2ccccc2)c2ccccc2-c2ccc3c(c21)c1ccccc1n3-c1ccc(-c2cccc3cccnc23)cc1. The Bertz CT molecular complexity index is 2420. The lowest BCUT2D eigenvalue weighted by Gasteiger charge is -2.17. The normalized spacial score (nSPS) is 15.6.